The number of ether oxygens (including phenoxy) is 1. The van der Waals surface area contributed by atoms with E-state index in [2.05, 4.69) is 5.32 Å². The fourth-order valence-electron chi connectivity index (χ4n) is 3.82. The number of nitrogens with zero attached hydrogens (tertiary/aromatic N) is 2. The number of halogens is 3. The van der Waals surface area contributed by atoms with Gasteiger partial charge in [-0.3, -0.25) is 4.79 Å². The van der Waals surface area contributed by atoms with Crippen LogP contribution in [0.2, 0.25) is 0 Å². The Bertz CT molecular complexity index is 1340. The van der Waals surface area contributed by atoms with Gasteiger partial charge in [0.05, 0.1) is 47.6 Å². The molecule has 0 spiro atoms. The van der Waals surface area contributed by atoms with Gasteiger partial charge in [0.25, 0.3) is 5.56 Å². The number of hydrogen-bond acceptors (Lipinski definition) is 6. The number of nitriles is 1. The molecule has 10 heteroatoms. The van der Waals surface area contributed by atoms with Crippen molar-refractivity contribution in [3.05, 3.63) is 69.0 Å². The summed E-state index contributed by atoms with van der Waals surface area (Å²) in [6.07, 6.45) is -4.48. The molecule has 1 aliphatic heterocycles. The van der Waals surface area contributed by atoms with Gasteiger partial charge in [0, 0.05) is 5.39 Å². The Hall–Kier alpha value is -4.00. The summed E-state index contributed by atoms with van der Waals surface area (Å²) in [5.74, 6) is -1.60. The summed E-state index contributed by atoms with van der Waals surface area (Å²) in [6.45, 7) is 1.51. The van der Waals surface area contributed by atoms with E-state index in [9.17, 15) is 33.1 Å². The van der Waals surface area contributed by atoms with Gasteiger partial charge in [-0.25, -0.2) is 4.79 Å². The summed E-state index contributed by atoms with van der Waals surface area (Å²) >= 11 is 0. The largest absolute Gasteiger partial charge is 0.506 e. The summed E-state index contributed by atoms with van der Waals surface area (Å²) in [5, 5.41) is 23.3. The minimum Gasteiger partial charge on any atom is -0.506 e. The lowest BCUT2D eigenvalue weighted by molar-refractivity contribution is -0.137. The molecule has 1 unspecified atom stereocenters. The Morgan fingerprint density at radius 3 is 2.59 bits per heavy atom. The van der Waals surface area contributed by atoms with Crippen molar-refractivity contribution in [2.45, 2.75) is 25.7 Å². The average molecular weight is 443 g/mol. The number of hydrogen-bond donors (Lipinski definition) is 2. The van der Waals surface area contributed by atoms with Gasteiger partial charge in [0.2, 0.25) is 0 Å². The maximum atomic E-state index is 13.1. The molecular weight excluding hydrogens is 427 g/mol. The molecule has 0 amide bonds. The highest BCUT2D eigenvalue weighted by Gasteiger charge is 2.32. The molecule has 7 nitrogen and oxygen atoms in total. The lowest BCUT2D eigenvalue weighted by Gasteiger charge is -2.30. The number of alkyl halides is 3. The minimum atomic E-state index is -4.48. The molecule has 3 aromatic rings. The van der Waals surface area contributed by atoms with Crippen LogP contribution in [0.1, 0.15) is 40.0 Å². The van der Waals surface area contributed by atoms with Crippen LogP contribution in [-0.2, 0) is 17.5 Å². The molecule has 0 saturated heterocycles. The Kier molecular flexibility index (Phi) is 5.05. The quantitative estimate of drug-likeness (QED) is 0.595. The van der Waals surface area contributed by atoms with Gasteiger partial charge >= 0.3 is 12.1 Å². The van der Waals surface area contributed by atoms with Gasteiger partial charge in [-0.2, -0.15) is 18.4 Å². The summed E-state index contributed by atoms with van der Waals surface area (Å²) in [6, 6.07) is 8.63. The number of carbonyl (C=O) groups excluding carboxylic acids is 1. The van der Waals surface area contributed by atoms with Crippen LogP contribution in [0.25, 0.3) is 10.9 Å². The van der Waals surface area contributed by atoms with Crippen molar-refractivity contribution >= 4 is 22.6 Å². The molecular formula is C22H16F3N3O4. The van der Waals surface area contributed by atoms with E-state index in [1.54, 1.807) is 6.92 Å². The normalized spacial score (nSPS) is 15.2. The minimum absolute atomic E-state index is 0.0189. The molecule has 164 valence electrons. The first-order chi connectivity index (χ1) is 15.2. The lowest BCUT2D eigenvalue weighted by atomic mass is 9.98. The first kappa shape index (κ1) is 21.2. The molecule has 2 heterocycles. The Morgan fingerprint density at radius 1 is 1.31 bits per heavy atom. The van der Waals surface area contributed by atoms with Crippen LogP contribution in [0.5, 0.6) is 5.75 Å². The number of carbonyl (C=O) groups is 1. The van der Waals surface area contributed by atoms with Crippen molar-refractivity contribution < 1.29 is 27.8 Å². The fraction of sp³-hybridized carbons (Fsp3) is 0.227. The van der Waals surface area contributed by atoms with Gasteiger partial charge in [0.15, 0.2) is 5.56 Å². The standard InChI is InChI=1S/C22H16F3N3O4/c1-2-32-21(31)17-19(29)14-7-11(9-26)8-15-18(14)28(20(17)30)10-16(27-15)12-3-5-13(6-4-12)22(23,24)25/h3-8,16,27,29H,2,10H2,1H3. The van der Waals surface area contributed by atoms with E-state index in [4.69, 9.17) is 4.74 Å². The second kappa shape index (κ2) is 7.60. The van der Waals surface area contributed by atoms with Crippen LogP contribution in [0.15, 0.2) is 41.2 Å². The molecule has 0 saturated carbocycles. The fourth-order valence-corrected chi connectivity index (χ4v) is 3.82. The van der Waals surface area contributed by atoms with Gasteiger partial charge in [-0.1, -0.05) is 12.1 Å². The summed E-state index contributed by atoms with van der Waals surface area (Å²) < 4.78 is 44.9. The molecule has 0 aliphatic carbocycles. The van der Waals surface area contributed by atoms with Crippen molar-refractivity contribution in [2.75, 3.05) is 11.9 Å². The molecule has 2 aromatic carbocycles. The third-order valence-electron chi connectivity index (χ3n) is 5.27. The maximum absolute atomic E-state index is 13.1. The molecule has 1 aliphatic rings. The molecule has 4 rings (SSSR count). The third kappa shape index (κ3) is 3.41. The van der Waals surface area contributed by atoms with Crippen molar-refractivity contribution in [1.29, 1.82) is 5.26 Å². The highest BCUT2D eigenvalue weighted by molar-refractivity contribution is 6.04. The predicted octanol–water partition coefficient (Wildman–Crippen LogP) is 3.94. The van der Waals surface area contributed by atoms with E-state index in [1.807, 2.05) is 6.07 Å². The first-order valence-corrected chi connectivity index (χ1v) is 9.60. The predicted molar refractivity (Wildman–Crippen MR) is 108 cm³/mol. The SMILES string of the molecule is CCOC(=O)c1c(O)c2cc(C#N)cc3c2n(c1=O)CC(c1ccc(C(F)(F)F)cc1)N3. The van der Waals surface area contributed by atoms with Gasteiger partial charge < -0.3 is 19.7 Å². The van der Waals surface area contributed by atoms with Crippen molar-refractivity contribution in [3.8, 4) is 11.8 Å². The zero-order chi connectivity index (χ0) is 23.2. The summed E-state index contributed by atoms with van der Waals surface area (Å²) in [7, 11) is 0. The van der Waals surface area contributed by atoms with E-state index >= 15 is 0 Å². The van der Waals surface area contributed by atoms with Crippen LogP contribution in [0, 0.1) is 11.3 Å². The Morgan fingerprint density at radius 2 is 2.00 bits per heavy atom. The monoisotopic (exact) mass is 443 g/mol. The molecule has 1 aromatic heterocycles. The molecule has 32 heavy (non-hydrogen) atoms. The molecule has 0 bridgehead atoms. The molecule has 0 radical (unpaired) electrons. The molecule has 1 atom stereocenters. The highest BCUT2D eigenvalue weighted by atomic mass is 19.4. The number of benzene rings is 2. The van der Waals surface area contributed by atoms with Crippen LogP contribution in [0.4, 0.5) is 18.9 Å². The van der Waals surface area contributed by atoms with E-state index in [0.29, 0.717) is 11.3 Å². The number of nitrogens with one attached hydrogen (secondary N) is 1. The third-order valence-corrected chi connectivity index (χ3v) is 5.27. The van der Waals surface area contributed by atoms with Crippen LogP contribution in [-0.4, -0.2) is 22.2 Å². The number of esters is 1. The van der Waals surface area contributed by atoms with Gasteiger partial charge in [-0.15, -0.1) is 0 Å². The second-order valence-electron chi connectivity index (χ2n) is 7.21. The number of aromatic nitrogens is 1. The number of anilines is 1. The number of rotatable bonds is 3. The van der Waals surface area contributed by atoms with Crippen molar-refractivity contribution in [3.63, 3.8) is 0 Å². The van der Waals surface area contributed by atoms with Gasteiger partial charge in [-0.05, 0) is 36.8 Å². The number of aromatic hydroxyl groups is 1. The summed E-state index contributed by atoms with van der Waals surface area (Å²) in [4.78, 5) is 25.5. The summed E-state index contributed by atoms with van der Waals surface area (Å²) in [5.41, 5.74) is -0.926. The smallest absolute Gasteiger partial charge is 0.416 e. The van der Waals surface area contributed by atoms with Crippen molar-refractivity contribution in [1.82, 2.24) is 4.57 Å². The molecule has 0 fully saturated rings. The van der Waals surface area contributed by atoms with E-state index in [1.165, 1.54) is 28.8 Å². The van der Waals surface area contributed by atoms with Crippen LogP contribution in [0.3, 0.4) is 0 Å². The highest BCUT2D eigenvalue weighted by Crippen LogP contribution is 2.39. The van der Waals surface area contributed by atoms with Gasteiger partial charge in [0.1, 0.15) is 5.75 Å². The number of pyridine rings is 1. The zero-order valence-electron chi connectivity index (χ0n) is 16.7. The second-order valence-corrected chi connectivity index (χ2v) is 7.21. The first-order valence-electron chi connectivity index (χ1n) is 9.60. The van der Waals surface area contributed by atoms with Crippen molar-refractivity contribution in [2.24, 2.45) is 0 Å². The Balaban J connectivity index is 1.90. The maximum Gasteiger partial charge on any atom is 0.416 e. The van der Waals surface area contributed by atoms with E-state index in [-0.39, 0.29) is 29.6 Å². The zero-order valence-corrected chi connectivity index (χ0v) is 16.7. The average Bonchev–Trinajstić information content (AvgIpc) is 2.76. The molecule has 2 N–H and O–H groups in total. The van der Waals surface area contributed by atoms with E-state index < -0.39 is 40.6 Å². The Labute approximate surface area is 179 Å². The van der Waals surface area contributed by atoms with Crippen LogP contribution >= 0.6 is 0 Å². The van der Waals surface area contributed by atoms with Crippen LogP contribution < -0.4 is 10.9 Å². The lowest BCUT2D eigenvalue weighted by Crippen LogP contribution is -2.34. The van der Waals surface area contributed by atoms with E-state index in [0.717, 1.165) is 12.1 Å². The topological polar surface area (TPSA) is 104 Å².